The van der Waals surface area contributed by atoms with Crippen molar-refractivity contribution in [2.24, 2.45) is 0 Å². The lowest BCUT2D eigenvalue weighted by Gasteiger charge is -2.12. The number of hydrogen-bond donors (Lipinski definition) is 1. The van der Waals surface area contributed by atoms with Gasteiger partial charge in [0.05, 0.1) is 14.2 Å². The third kappa shape index (κ3) is 2.78. The van der Waals surface area contributed by atoms with E-state index in [0.717, 1.165) is 24.8 Å². The summed E-state index contributed by atoms with van der Waals surface area (Å²) >= 11 is 0. The molecule has 0 amide bonds. The van der Waals surface area contributed by atoms with Crippen LogP contribution in [0.5, 0.6) is 17.2 Å². The van der Waals surface area contributed by atoms with Crippen LogP contribution in [0, 0.1) is 0 Å². The third-order valence-corrected chi connectivity index (χ3v) is 2.39. The Morgan fingerprint density at radius 1 is 1.20 bits per heavy atom. The molecule has 0 aliphatic rings. The van der Waals surface area contributed by atoms with E-state index in [1.807, 2.05) is 0 Å². The minimum absolute atomic E-state index is 0.250. The van der Waals surface area contributed by atoms with Crippen LogP contribution in [0.1, 0.15) is 25.3 Å². The number of unbranched alkanes of at least 4 members (excludes halogenated alkanes) is 1. The smallest absolute Gasteiger partial charge is 0.129 e. The Morgan fingerprint density at radius 2 is 1.93 bits per heavy atom. The second-order valence-electron chi connectivity index (χ2n) is 3.43. The van der Waals surface area contributed by atoms with E-state index in [2.05, 4.69) is 6.92 Å². The Hall–Kier alpha value is -1.38. The molecule has 1 rings (SSSR count). The first kappa shape index (κ1) is 11.7. The first-order chi connectivity index (χ1) is 7.22. The minimum Gasteiger partial charge on any atom is -0.507 e. The predicted molar refractivity (Wildman–Crippen MR) is 59.8 cm³/mol. The van der Waals surface area contributed by atoms with Crippen molar-refractivity contribution in [3.05, 3.63) is 17.7 Å². The lowest BCUT2D eigenvalue weighted by atomic mass is 10.1. The molecular formula is C12H18O3. The van der Waals surface area contributed by atoms with Gasteiger partial charge in [0.1, 0.15) is 17.2 Å². The zero-order valence-electron chi connectivity index (χ0n) is 9.54. The van der Waals surface area contributed by atoms with Crippen LogP contribution in [0.15, 0.2) is 12.1 Å². The molecule has 1 aromatic rings. The van der Waals surface area contributed by atoms with E-state index < -0.39 is 0 Å². The molecule has 0 unspecified atom stereocenters. The molecular weight excluding hydrogens is 192 g/mol. The summed E-state index contributed by atoms with van der Waals surface area (Å²) in [7, 11) is 3.17. The Bertz CT molecular complexity index is 321. The van der Waals surface area contributed by atoms with Gasteiger partial charge in [-0.2, -0.15) is 0 Å². The van der Waals surface area contributed by atoms with Crippen molar-refractivity contribution in [3.8, 4) is 17.2 Å². The molecule has 1 aromatic carbocycles. The number of rotatable bonds is 5. The topological polar surface area (TPSA) is 38.7 Å². The highest BCUT2D eigenvalue weighted by Crippen LogP contribution is 2.34. The molecule has 0 aliphatic heterocycles. The summed E-state index contributed by atoms with van der Waals surface area (Å²) in [5.74, 6) is 1.56. The highest BCUT2D eigenvalue weighted by atomic mass is 16.5. The molecule has 0 aromatic heterocycles. The maximum absolute atomic E-state index is 9.80. The molecule has 84 valence electrons. The number of phenolic OH excluding ortho intramolecular Hbond substituents is 1. The molecule has 3 heteroatoms. The van der Waals surface area contributed by atoms with Crippen LogP contribution < -0.4 is 9.47 Å². The van der Waals surface area contributed by atoms with E-state index in [1.54, 1.807) is 26.4 Å². The van der Waals surface area contributed by atoms with E-state index >= 15 is 0 Å². The summed E-state index contributed by atoms with van der Waals surface area (Å²) in [5.41, 5.74) is 0.861. The fourth-order valence-electron chi connectivity index (χ4n) is 1.51. The number of methoxy groups -OCH3 is 2. The van der Waals surface area contributed by atoms with Crippen LogP contribution in [0.25, 0.3) is 0 Å². The Labute approximate surface area is 90.6 Å². The minimum atomic E-state index is 0.250. The maximum atomic E-state index is 9.80. The van der Waals surface area contributed by atoms with Gasteiger partial charge in [0.25, 0.3) is 0 Å². The Morgan fingerprint density at radius 3 is 2.47 bits per heavy atom. The van der Waals surface area contributed by atoms with Gasteiger partial charge < -0.3 is 14.6 Å². The molecule has 0 bridgehead atoms. The maximum Gasteiger partial charge on any atom is 0.129 e. The van der Waals surface area contributed by atoms with E-state index in [9.17, 15) is 5.11 Å². The molecule has 0 saturated heterocycles. The van der Waals surface area contributed by atoms with Crippen molar-refractivity contribution >= 4 is 0 Å². The fraction of sp³-hybridized carbons (Fsp3) is 0.500. The molecule has 0 aliphatic carbocycles. The zero-order chi connectivity index (χ0) is 11.3. The lowest BCUT2D eigenvalue weighted by Crippen LogP contribution is -1.94. The molecule has 3 nitrogen and oxygen atoms in total. The summed E-state index contributed by atoms with van der Waals surface area (Å²) in [6, 6.07) is 3.41. The van der Waals surface area contributed by atoms with Gasteiger partial charge in [-0.05, 0) is 12.8 Å². The van der Waals surface area contributed by atoms with E-state index in [0.29, 0.717) is 11.5 Å². The Kier molecular flexibility index (Phi) is 4.28. The number of ether oxygens (including phenoxy) is 2. The van der Waals surface area contributed by atoms with Crippen molar-refractivity contribution in [1.82, 2.24) is 0 Å². The van der Waals surface area contributed by atoms with Crippen LogP contribution in [0.2, 0.25) is 0 Å². The first-order valence-corrected chi connectivity index (χ1v) is 5.16. The number of benzene rings is 1. The zero-order valence-corrected chi connectivity index (χ0v) is 9.54. The van der Waals surface area contributed by atoms with Gasteiger partial charge in [-0.15, -0.1) is 0 Å². The monoisotopic (exact) mass is 210 g/mol. The molecule has 0 heterocycles. The van der Waals surface area contributed by atoms with Crippen molar-refractivity contribution < 1.29 is 14.6 Å². The van der Waals surface area contributed by atoms with Crippen LogP contribution in [-0.4, -0.2) is 19.3 Å². The second-order valence-corrected chi connectivity index (χ2v) is 3.43. The molecule has 0 radical (unpaired) electrons. The van der Waals surface area contributed by atoms with Crippen LogP contribution in [0.4, 0.5) is 0 Å². The van der Waals surface area contributed by atoms with Gasteiger partial charge >= 0.3 is 0 Å². The van der Waals surface area contributed by atoms with Crippen molar-refractivity contribution in [1.29, 1.82) is 0 Å². The third-order valence-electron chi connectivity index (χ3n) is 2.39. The SMILES string of the molecule is CCCCc1c(O)cc(OC)cc1OC. The van der Waals surface area contributed by atoms with E-state index in [1.165, 1.54) is 0 Å². The predicted octanol–water partition coefficient (Wildman–Crippen LogP) is 2.75. The molecule has 0 fully saturated rings. The van der Waals surface area contributed by atoms with Crippen molar-refractivity contribution in [2.45, 2.75) is 26.2 Å². The Balaban J connectivity index is 3.01. The van der Waals surface area contributed by atoms with Crippen LogP contribution in [0.3, 0.4) is 0 Å². The van der Waals surface area contributed by atoms with Gasteiger partial charge in [-0.1, -0.05) is 13.3 Å². The van der Waals surface area contributed by atoms with Gasteiger partial charge in [0, 0.05) is 17.7 Å². The molecule has 0 saturated carbocycles. The van der Waals surface area contributed by atoms with Crippen LogP contribution >= 0.6 is 0 Å². The average molecular weight is 210 g/mol. The van der Waals surface area contributed by atoms with Gasteiger partial charge in [-0.25, -0.2) is 0 Å². The summed E-state index contributed by atoms with van der Waals surface area (Å²) in [4.78, 5) is 0. The molecule has 0 spiro atoms. The number of phenols is 1. The standard InChI is InChI=1S/C12H18O3/c1-4-5-6-10-11(13)7-9(14-2)8-12(10)15-3/h7-8,13H,4-6H2,1-3H3. The number of hydrogen-bond acceptors (Lipinski definition) is 3. The van der Waals surface area contributed by atoms with Gasteiger partial charge in [0.2, 0.25) is 0 Å². The molecule has 15 heavy (non-hydrogen) atoms. The lowest BCUT2D eigenvalue weighted by molar-refractivity contribution is 0.378. The van der Waals surface area contributed by atoms with Crippen molar-refractivity contribution in [3.63, 3.8) is 0 Å². The quantitative estimate of drug-likeness (QED) is 0.812. The second kappa shape index (κ2) is 5.49. The van der Waals surface area contributed by atoms with Crippen LogP contribution in [-0.2, 0) is 6.42 Å². The summed E-state index contributed by atoms with van der Waals surface area (Å²) in [5, 5.41) is 9.80. The number of aromatic hydroxyl groups is 1. The molecule has 1 N–H and O–H groups in total. The summed E-state index contributed by atoms with van der Waals surface area (Å²) in [6.07, 6.45) is 2.96. The molecule has 0 atom stereocenters. The fourth-order valence-corrected chi connectivity index (χ4v) is 1.51. The summed E-state index contributed by atoms with van der Waals surface area (Å²) in [6.45, 7) is 2.12. The normalized spacial score (nSPS) is 10.1. The van der Waals surface area contributed by atoms with Gasteiger partial charge in [-0.3, -0.25) is 0 Å². The summed E-state index contributed by atoms with van der Waals surface area (Å²) < 4.78 is 10.3. The van der Waals surface area contributed by atoms with E-state index in [4.69, 9.17) is 9.47 Å². The first-order valence-electron chi connectivity index (χ1n) is 5.16. The largest absolute Gasteiger partial charge is 0.507 e. The van der Waals surface area contributed by atoms with E-state index in [-0.39, 0.29) is 5.75 Å². The average Bonchev–Trinajstić information content (AvgIpc) is 2.26. The highest BCUT2D eigenvalue weighted by Gasteiger charge is 2.10. The van der Waals surface area contributed by atoms with Gasteiger partial charge in [0.15, 0.2) is 0 Å². The highest BCUT2D eigenvalue weighted by molar-refractivity contribution is 5.49. The van der Waals surface area contributed by atoms with Crippen molar-refractivity contribution in [2.75, 3.05) is 14.2 Å².